The lowest BCUT2D eigenvalue weighted by Gasteiger charge is -2.24. The van der Waals surface area contributed by atoms with E-state index in [1.54, 1.807) is 4.90 Å². The number of β-amino-alcohol motifs (C(OH)–C–C–N with tert-alkyl or cyclic N) is 1. The second-order valence-electron chi connectivity index (χ2n) is 7.75. The lowest BCUT2D eigenvalue weighted by atomic mass is 9.95. The molecule has 2 aliphatic carbocycles. The van der Waals surface area contributed by atoms with Gasteiger partial charge in [0.2, 0.25) is 0 Å². The van der Waals surface area contributed by atoms with Crippen LogP contribution in [0.25, 0.3) is 0 Å². The molecule has 0 aromatic carbocycles. The lowest BCUT2D eigenvalue weighted by molar-refractivity contribution is -0.127. The monoisotopic (exact) mass is 412 g/mol. The fourth-order valence-electron chi connectivity index (χ4n) is 3.77. The number of carbonyl (C=O) groups is 1. The number of rotatable bonds is 9. The smallest absolute Gasteiger partial charge is 0.254 e. The Hall–Kier alpha value is -1.77. The first-order valence-corrected chi connectivity index (χ1v) is 10.5. The van der Waals surface area contributed by atoms with Crippen molar-refractivity contribution in [3.05, 3.63) is 35.6 Å². The number of nitrogens with zero attached hydrogens (tertiary/aromatic N) is 2. The number of ether oxygens (including phenoxy) is 1. The van der Waals surface area contributed by atoms with Gasteiger partial charge < -0.3 is 25.0 Å². The summed E-state index contributed by atoms with van der Waals surface area (Å²) in [4.78, 5) is 15.7. The topological polar surface area (TPSA) is 68.6 Å². The number of hydrogen-bond donors (Lipinski definition) is 2. The van der Waals surface area contributed by atoms with Crippen molar-refractivity contribution in [2.75, 3.05) is 32.9 Å². The Balaban J connectivity index is 1.51. The van der Waals surface area contributed by atoms with E-state index in [-0.39, 0.29) is 37.7 Å². The van der Waals surface area contributed by atoms with E-state index < -0.39 is 24.5 Å². The van der Waals surface area contributed by atoms with Crippen molar-refractivity contribution < 1.29 is 23.4 Å². The molecular weight excluding hydrogens is 380 g/mol. The van der Waals surface area contributed by atoms with Crippen LogP contribution in [0.5, 0.6) is 0 Å². The van der Waals surface area contributed by atoms with E-state index in [4.69, 9.17) is 0 Å². The number of aliphatic hydroxyl groups excluding tert-OH is 1. The Kier molecular flexibility index (Phi) is 7.80. The minimum Gasteiger partial charge on any atom is -0.424 e. The molecule has 0 saturated carbocycles. The maximum Gasteiger partial charge on any atom is 0.254 e. The molecule has 29 heavy (non-hydrogen) atoms. The van der Waals surface area contributed by atoms with E-state index in [2.05, 4.69) is 17.0 Å². The molecule has 6 nitrogen and oxygen atoms in total. The standard InChI is InChI=1S/C21H31F2N3O3/c1-2-3-8-24-9-10-29-17-6-5-16(12-17)26-14-25(13-20(26)27)21(28)18-11-15(22)4-7-19(18)23/h5-6,11-12,15,17,19-20,24,27H,2-4,7-10,13-14H2,1H3/p+1. The normalized spacial score (nSPS) is 29.4. The summed E-state index contributed by atoms with van der Waals surface area (Å²) in [7, 11) is 0. The first kappa shape index (κ1) is 21.9. The van der Waals surface area contributed by atoms with Gasteiger partial charge in [-0.05, 0) is 38.0 Å². The summed E-state index contributed by atoms with van der Waals surface area (Å²) < 4.78 is 32.3. The number of unbranched alkanes of at least 4 members (excludes halogenated alkanes) is 1. The highest BCUT2D eigenvalue weighted by Gasteiger charge is 2.37. The highest BCUT2D eigenvalue weighted by atomic mass is 19.1. The van der Waals surface area contributed by atoms with Gasteiger partial charge in [0.15, 0.2) is 12.7 Å². The average molecular weight is 413 g/mol. The second kappa shape index (κ2) is 10.3. The van der Waals surface area contributed by atoms with E-state index in [0.29, 0.717) is 6.61 Å². The summed E-state index contributed by atoms with van der Waals surface area (Å²) in [6.07, 6.45) is 5.63. The summed E-state index contributed by atoms with van der Waals surface area (Å²) in [5.41, 5.74) is 0.662. The summed E-state index contributed by atoms with van der Waals surface area (Å²) in [6, 6.07) is 0. The third-order valence-electron chi connectivity index (χ3n) is 5.47. The van der Waals surface area contributed by atoms with Crippen molar-refractivity contribution in [1.29, 1.82) is 0 Å². The Morgan fingerprint density at radius 1 is 1.31 bits per heavy atom. The molecule has 0 aromatic heterocycles. The summed E-state index contributed by atoms with van der Waals surface area (Å²) in [5, 5.41) is 13.7. The van der Waals surface area contributed by atoms with Gasteiger partial charge in [0.1, 0.15) is 18.6 Å². The van der Waals surface area contributed by atoms with Gasteiger partial charge >= 0.3 is 0 Å². The Morgan fingerprint density at radius 3 is 2.93 bits per heavy atom. The number of alkyl halides is 2. The third kappa shape index (κ3) is 5.65. The molecule has 1 saturated heterocycles. The van der Waals surface area contributed by atoms with Crippen molar-refractivity contribution in [2.24, 2.45) is 0 Å². The lowest BCUT2D eigenvalue weighted by Crippen LogP contribution is -2.36. The van der Waals surface area contributed by atoms with Gasteiger partial charge in [0.05, 0.1) is 19.8 Å². The Morgan fingerprint density at radius 2 is 2.14 bits per heavy atom. The van der Waals surface area contributed by atoms with Gasteiger partial charge in [-0.2, -0.15) is 0 Å². The summed E-state index contributed by atoms with van der Waals surface area (Å²) in [6.45, 7) is 4.89. The predicted octanol–water partition coefficient (Wildman–Crippen LogP) is 1.54. The molecule has 162 valence electrons. The van der Waals surface area contributed by atoms with Gasteiger partial charge in [-0.1, -0.05) is 13.3 Å². The molecule has 8 heteroatoms. The van der Waals surface area contributed by atoms with Crippen LogP contribution < -0.4 is 5.32 Å². The molecule has 4 unspecified atom stereocenters. The molecule has 0 bridgehead atoms. The summed E-state index contributed by atoms with van der Waals surface area (Å²) >= 11 is 0. The molecule has 1 heterocycles. The van der Waals surface area contributed by atoms with Crippen LogP contribution in [-0.2, 0) is 4.79 Å². The molecule has 3 aliphatic rings. The number of halogens is 2. The van der Waals surface area contributed by atoms with Crippen molar-refractivity contribution in [1.82, 2.24) is 15.1 Å². The zero-order chi connectivity index (χ0) is 20.8. The SMILES string of the molecule is CCCCNCC[OH+]C1C=CC(N2CN(C(=O)C3=CC(F)CCC3F)CC2O)=C1. The van der Waals surface area contributed by atoms with Crippen molar-refractivity contribution in [3.63, 3.8) is 0 Å². The van der Waals surface area contributed by atoms with E-state index >= 15 is 0 Å². The first-order chi connectivity index (χ1) is 14.0. The van der Waals surface area contributed by atoms with Crippen LogP contribution in [-0.4, -0.2) is 83.1 Å². The van der Waals surface area contributed by atoms with E-state index in [0.717, 1.165) is 37.7 Å². The molecule has 0 radical (unpaired) electrons. The number of carbonyl (C=O) groups excluding carboxylic acids is 1. The van der Waals surface area contributed by atoms with Crippen LogP contribution >= 0.6 is 0 Å². The quantitative estimate of drug-likeness (QED) is 0.445. The summed E-state index contributed by atoms with van der Waals surface area (Å²) in [5.74, 6) is -0.539. The first-order valence-electron chi connectivity index (χ1n) is 10.5. The molecule has 0 aromatic rings. The maximum absolute atomic E-state index is 14.1. The van der Waals surface area contributed by atoms with Crippen LogP contribution in [0.1, 0.15) is 32.6 Å². The van der Waals surface area contributed by atoms with Crippen LogP contribution in [0.3, 0.4) is 0 Å². The third-order valence-corrected chi connectivity index (χ3v) is 5.47. The van der Waals surface area contributed by atoms with Crippen molar-refractivity contribution in [2.45, 2.75) is 57.3 Å². The fraction of sp³-hybridized carbons (Fsp3) is 0.667. The molecular formula is C21H32F2N3O3+. The van der Waals surface area contributed by atoms with E-state index in [9.17, 15) is 18.7 Å². The highest BCUT2D eigenvalue weighted by molar-refractivity contribution is 5.95. The fourth-order valence-corrected chi connectivity index (χ4v) is 3.77. The van der Waals surface area contributed by atoms with Crippen LogP contribution in [0, 0.1) is 0 Å². The molecule has 1 fully saturated rings. The molecule has 4 atom stereocenters. The zero-order valence-corrected chi connectivity index (χ0v) is 16.9. The van der Waals surface area contributed by atoms with Crippen LogP contribution in [0.4, 0.5) is 8.78 Å². The van der Waals surface area contributed by atoms with E-state index in [1.807, 2.05) is 18.2 Å². The number of aliphatic hydroxyl groups is 3. The Bertz CT molecular complexity index is 668. The largest absolute Gasteiger partial charge is 0.424 e. The molecule has 3 rings (SSSR count). The van der Waals surface area contributed by atoms with Crippen molar-refractivity contribution in [3.8, 4) is 0 Å². The van der Waals surface area contributed by atoms with Gasteiger partial charge in [-0.3, -0.25) is 4.79 Å². The number of hydrogen-bond acceptors (Lipinski definition) is 4. The Labute approximate surface area is 170 Å². The molecule has 1 amide bonds. The maximum atomic E-state index is 14.1. The molecule has 0 spiro atoms. The molecule has 3 N–H and O–H groups in total. The average Bonchev–Trinajstić information content (AvgIpc) is 3.32. The molecule has 1 aliphatic heterocycles. The van der Waals surface area contributed by atoms with Gasteiger partial charge in [0, 0.05) is 23.4 Å². The number of allylic oxidation sites excluding steroid dienone is 2. The van der Waals surface area contributed by atoms with Gasteiger partial charge in [-0.25, -0.2) is 8.78 Å². The zero-order valence-electron chi connectivity index (χ0n) is 16.9. The van der Waals surface area contributed by atoms with E-state index in [1.165, 1.54) is 4.90 Å². The second-order valence-corrected chi connectivity index (χ2v) is 7.75. The predicted molar refractivity (Wildman–Crippen MR) is 107 cm³/mol. The minimum absolute atomic E-state index is 0.0171. The van der Waals surface area contributed by atoms with Crippen LogP contribution in [0.2, 0.25) is 0 Å². The highest BCUT2D eigenvalue weighted by Crippen LogP contribution is 2.28. The van der Waals surface area contributed by atoms with Crippen LogP contribution in [0.15, 0.2) is 35.6 Å². The van der Waals surface area contributed by atoms with Gasteiger partial charge in [-0.15, -0.1) is 0 Å². The van der Waals surface area contributed by atoms with Crippen molar-refractivity contribution >= 4 is 5.91 Å². The minimum atomic E-state index is -1.44. The number of amides is 1. The van der Waals surface area contributed by atoms with Gasteiger partial charge in [0.25, 0.3) is 5.91 Å². The number of nitrogens with one attached hydrogen (secondary N) is 1.